The molecule has 140 heavy (non-hydrogen) atoms. The molecule has 0 heterocycles. The van der Waals surface area contributed by atoms with Crippen LogP contribution in [0.15, 0.2) is 71.8 Å². The molecule has 24 saturated carbocycles. The Balaban J connectivity index is 0.000000104. The average molecular weight is 1990 g/mol. The van der Waals surface area contributed by atoms with Gasteiger partial charge in [-0.2, -0.15) is 0 Å². The normalized spacial score (nSPS) is 50.3. The third kappa shape index (κ3) is 20.4. The smallest absolute Gasteiger partial charge is 0.303 e. The molecule has 0 spiro atoms. The van der Waals surface area contributed by atoms with Crippen LogP contribution in [-0.2, 0) is 66.2 Å². The van der Waals surface area contributed by atoms with Gasteiger partial charge in [-0.3, -0.25) is 28.8 Å². The molecule has 12 nitrogen and oxygen atoms in total. The first-order chi connectivity index (χ1) is 66.7. The SMILES string of the molecule is CC(=O)O[C@@H]1C(=O)C[C@@H]2[C@H]3C[C@H]4CCC(C)CC4C[C@@H]3CC[C@@]12C.CC1CC[C@@H]2C[C@H]3[C@@H](CC[C@@]4(C)CC(=O)C[C@H]34)CC2C1.C[C@@]12CC[C@H]3CC4CC(O)CC[C@@H]4C[C@@H]3[C@H]1C/C(=C\c1ccccc1)C2=O.C[C@@]12CC[C@H]3CC4CC(O)CC[C@@H]4C[C@@H]3[C@H]1CC(=O)C2.C[C@@]12CC[C@H]3CC4CC(O)CC[C@@H]4C[C@@H]3[C@H]1CCC2=O.C[C@@]12CC[C@H]3CC4C[C@H](CO)CC[C@@H]4C[C@@H]3[C@H]1C/C(=C\c1ccccc1)[C@H]2O.[Y]. The first-order valence-corrected chi connectivity index (χ1v) is 59.3. The summed E-state index contributed by atoms with van der Waals surface area (Å²) < 4.78 is 5.51. The Morgan fingerprint density at radius 2 is 0.736 bits per heavy atom. The summed E-state index contributed by atoms with van der Waals surface area (Å²) in [4.78, 5) is 73.8. The monoisotopic (exact) mass is 1990 g/mol. The number of carbonyl (C=O) groups excluding carboxylic acids is 6. The molecule has 769 valence electrons. The quantitative estimate of drug-likeness (QED) is 0.143. The molecule has 5 N–H and O–H groups in total. The fourth-order valence-electron chi connectivity index (χ4n) is 41.5. The summed E-state index contributed by atoms with van der Waals surface area (Å²) in [6.45, 7) is 20.6. The molecule has 2 aromatic rings. The molecular formula is C127H186O12Y. The summed E-state index contributed by atoms with van der Waals surface area (Å²) in [6.07, 6.45) is 65.2. The Morgan fingerprint density at radius 1 is 0.357 bits per heavy atom. The molecule has 0 amide bonds. The molecule has 0 bridgehead atoms. The molecule has 26 rings (SSSR count). The van der Waals surface area contributed by atoms with Crippen LogP contribution in [0.1, 0.15) is 401 Å². The van der Waals surface area contributed by atoms with Gasteiger partial charge >= 0.3 is 5.97 Å². The second-order valence-corrected chi connectivity index (χ2v) is 56.4. The van der Waals surface area contributed by atoms with Gasteiger partial charge in [0.25, 0.3) is 0 Å². The summed E-state index contributed by atoms with van der Waals surface area (Å²) in [7, 11) is 0. The van der Waals surface area contributed by atoms with Gasteiger partial charge in [0.1, 0.15) is 17.3 Å². The summed E-state index contributed by atoms with van der Waals surface area (Å²) in [6, 6.07) is 20.9. The fraction of sp³-hybridized carbons (Fsp3) is 0.827. The van der Waals surface area contributed by atoms with Crippen LogP contribution < -0.4 is 0 Å². The number of benzene rings is 2. The number of aliphatic hydroxyl groups is 5. The summed E-state index contributed by atoms with van der Waals surface area (Å²) in [5, 5.41) is 50.9. The van der Waals surface area contributed by atoms with Crippen molar-refractivity contribution in [1.29, 1.82) is 0 Å². The van der Waals surface area contributed by atoms with Crippen LogP contribution in [-0.4, -0.2) is 97.5 Å². The van der Waals surface area contributed by atoms with Gasteiger partial charge in [-0.25, -0.2) is 0 Å². The molecular weight excluding hydrogens is 1810 g/mol. The summed E-state index contributed by atoms with van der Waals surface area (Å²) in [5.74, 6) is 28.3. The van der Waals surface area contributed by atoms with Crippen LogP contribution in [0.4, 0.5) is 0 Å². The first-order valence-electron chi connectivity index (χ1n) is 59.3. The van der Waals surface area contributed by atoms with E-state index in [4.69, 9.17) is 4.74 Å². The van der Waals surface area contributed by atoms with Crippen molar-refractivity contribution in [3.05, 3.63) is 82.9 Å². The summed E-state index contributed by atoms with van der Waals surface area (Å²) in [5.41, 5.74) is 5.28. The first kappa shape index (κ1) is 104. The van der Waals surface area contributed by atoms with Crippen molar-refractivity contribution in [1.82, 2.24) is 0 Å². The predicted octanol–water partition coefficient (Wildman–Crippen LogP) is 26.9. The number of hydrogen-bond donors (Lipinski definition) is 5. The van der Waals surface area contributed by atoms with Crippen LogP contribution >= 0.6 is 0 Å². The Bertz CT molecular complexity index is 4640. The van der Waals surface area contributed by atoms with Crippen molar-refractivity contribution in [2.75, 3.05) is 6.61 Å². The van der Waals surface area contributed by atoms with Crippen LogP contribution in [0, 0.1) is 228 Å². The van der Waals surface area contributed by atoms with E-state index in [1.54, 1.807) is 0 Å². The number of carbonyl (C=O) groups is 6. The second-order valence-electron chi connectivity index (χ2n) is 56.4. The Morgan fingerprint density at radius 3 is 1.19 bits per heavy atom. The van der Waals surface area contributed by atoms with Crippen molar-refractivity contribution in [3.63, 3.8) is 0 Å². The van der Waals surface area contributed by atoms with Crippen molar-refractivity contribution in [2.45, 2.75) is 420 Å². The van der Waals surface area contributed by atoms with E-state index in [0.717, 1.165) is 268 Å². The number of esters is 1. The molecule has 11 unspecified atom stereocenters. The molecule has 0 aliphatic heterocycles. The Labute approximate surface area is 869 Å². The summed E-state index contributed by atoms with van der Waals surface area (Å²) >= 11 is 0. The van der Waals surface area contributed by atoms with Crippen LogP contribution in [0.25, 0.3) is 12.2 Å². The van der Waals surface area contributed by atoms with Gasteiger partial charge in [0, 0.05) is 106 Å². The van der Waals surface area contributed by atoms with Crippen molar-refractivity contribution in [2.24, 2.45) is 228 Å². The minimum absolute atomic E-state index is 0. The number of hydrogen-bond acceptors (Lipinski definition) is 12. The topological polar surface area (TPSA) is 213 Å². The number of allylic oxidation sites excluding steroid dienone is 1. The maximum absolute atomic E-state index is 13.4. The van der Waals surface area contributed by atoms with E-state index in [0.29, 0.717) is 94.3 Å². The van der Waals surface area contributed by atoms with E-state index in [9.17, 15) is 54.3 Å². The van der Waals surface area contributed by atoms with E-state index >= 15 is 0 Å². The minimum Gasteiger partial charge on any atom is -0.454 e. The van der Waals surface area contributed by atoms with Gasteiger partial charge in [0.15, 0.2) is 17.7 Å². The van der Waals surface area contributed by atoms with Crippen LogP contribution in [0.2, 0.25) is 0 Å². The van der Waals surface area contributed by atoms with Gasteiger partial charge in [0.2, 0.25) is 0 Å². The second kappa shape index (κ2) is 42.1. The number of rotatable bonds is 4. The zero-order valence-electron chi connectivity index (χ0n) is 88.3. The Hall–Kier alpha value is -3.36. The maximum atomic E-state index is 13.4. The van der Waals surface area contributed by atoms with Gasteiger partial charge in [-0.1, -0.05) is 135 Å². The standard InChI is InChI=1S/C26H36O2.C25H32O2.C21H32O3.C19H30O.2C18H28O2.Y/c1-26-10-9-20-13-21-12-18(16-27)7-8-19(21)14-23(20)24(26)15-22(25(26)28)11-17-5-3-2-4-6-17;1-25-10-9-18-12-19-13-21(26)8-7-17(19)14-22(18)23(25)15-20(24(25)27)11-16-5-3-2-4-6-16;1-12-4-5-14-10-17-15(9-16(14)8-12)6-7-21(3)18(17)11-19(23)20(21)24-13(2)22;1-12-3-4-13-9-17-14(8-15(13)7-12)5-6-19(2)11-16(20)10-18(17)19;1-18-5-4-12-6-13-7-14(19)3-2-11(13)8-16(12)17(18)9-15(20)10-18;1-18-7-6-12-8-13-9-14(19)3-2-11(13)10-15(12)16(18)4-5-17(18)20;/h2-6,11,18-21,23-25,27-28H,7-10,12-16H2,1H3;2-6,11,17-19,21-23,26H,7-10,12-15H2,1H3;12,14-18,20H,4-11H2,1-3H3;12-15,17-18H,3-11H2,1-2H3;11-14,16-17,19H,2-10H2,1H3;11-16,19H,2-10H2,1H3;/b22-11+;20-11+;;;;;/t18-,19-,20+,21?,23+,24-,25-,26-;17-,18+,19?,21?,22+,23-,25-;12?,14-,15+,16?,17+,18-,20-,21-;12?,13-,14+,15?,17+,18-,19+;11-,12+,13?,14?,16+,17-,18+;11-,12+,13?,14?,15+,16-,18-;/m111111./s1. The van der Waals surface area contributed by atoms with Crippen LogP contribution in [0.5, 0.6) is 0 Å². The van der Waals surface area contributed by atoms with E-state index in [1.807, 2.05) is 6.07 Å². The molecule has 44 atom stereocenters. The zero-order chi connectivity index (χ0) is 96.7. The largest absolute Gasteiger partial charge is 0.454 e. The predicted molar refractivity (Wildman–Crippen MR) is 551 cm³/mol. The van der Waals surface area contributed by atoms with Crippen molar-refractivity contribution in [3.8, 4) is 0 Å². The molecule has 13 heteroatoms. The molecule has 24 fully saturated rings. The van der Waals surface area contributed by atoms with Gasteiger partial charge < -0.3 is 30.3 Å². The Kier molecular flexibility index (Phi) is 31.2. The molecule has 24 aliphatic rings. The van der Waals surface area contributed by atoms with Crippen molar-refractivity contribution >= 4 is 47.0 Å². The van der Waals surface area contributed by atoms with E-state index < -0.39 is 6.10 Å². The third-order valence-corrected chi connectivity index (χ3v) is 48.9. The number of aliphatic hydroxyl groups excluding tert-OH is 5. The average Bonchev–Trinajstić information content (AvgIpc) is 1.57. The van der Waals surface area contributed by atoms with E-state index in [-0.39, 0.29) is 90.5 Å². The van der Waals surface area contributed by atoms with E-state index in [2.05, 4.69) is 122 Å². The minimum atomic E-state index is -0.481. The molecule has 24 aliphatic carbocycles. The van der Waals surface area contributed by atoms with Gasteiger partial charge in [-0.05, 0) is 511 Å². The number of ether oxygens (including phenoxy) is 1. The van der Waals surface area contributed by atoms with Crippen molar-refractivity contribution < 1.29 is 91.7 Å². The van der Waals surface area contributed by atoms with Crippen LogP contribution in [0.3, 0.4) is 0 Å². The molecule has 0 saturated heterocycles. The van der Waals surface area contributed by atoms with E-state index in [1.165, 1.54) is 230 Å². The third-order valence-electron chi connectivity index (χ3n) is 48.9. The number of fused-ring (bicyclic) bond motifs is 24. The van der Waals surface area contributed by atoms with Gasteiger partial charge in [-0.15, -0.1) is 0 Å². The zero-order valence-corrected chi connectivity index (χ0v) is 91.1. The number of Topliss-reactive ketones (excluding diaryl/α,β-unsaturated/α-hetero) is 5. The molecule has 0 aromatic heterocycles. The van der Waals surface area contributed by atoms with Gasteiger partial charge in [0.05, 0.1) is 24.4 Å². The molecule has 2 aromatic carbocycles. The maximum Gasteiger partial charge on any atom is 0.303 e. The molecule has 1 radical (unpaired) electrons. The number of ketones is 5. The fourth-order valence-corrected chi connectivity index (χ4v) is 41.5.